The van der Waals surface area contributed by atoms with Crippen LogP contribution < -0.4 is 10.6 Å². The molecule has 2 N–H and O–H groups in total. The number of guanidine groups is 1. The predicted octanol–water partition coefficient (Wildman–Crippen LogP) is 2.58. The van der Waals surface area contributed by atoms with Crippen LogP contribution in [0.5, 0.6) is 0 Å². The molecule has 6 nitrogen and oxygen atoms in total. The molecule has 1 aromatic carbocycles. The van der Waals surface area contributed by atoms with Gasteiger partial charge in [0.2, 0.25) is 5.89 Å². The van der Waals surface area contributed by atoms with Crippen LogP contribution in [0, 0.1) is 13.8 Å². The van der Waals surface area contributed by atoms with Crippen LogP contribution in [-0.2, 0) is 6.54 Å². The van der Waals surface area contributed by atoms with E-state index in [1.165, 1.54) is 5.69 Å². The summed E-state index contributed by atoms with van der Waals surface area (Å²) >= 11 is 5.94. The van der Waals surface area contributed by atoms with Crippen LogP contribution in [0.25, 0.3) is 0 Å². The highest BCUT2D eigenvalue weighted by Crippen LogP contribution is 2.19. The monoisotopic (exact) mass is 347 g/mol. The lowest BCUT2D eigenvalue weighted by Crippen LogP contribution is -2.51. The number of piperazine rings is 1. The summed E-state index contributed by atoms with van der Waals surface area (Å²) in [5.74, 6) is 1.97. The number of nitrogens with zero attached hydrogens (tertiary/aromatic N) is 4. The number of halogens is 1. The summed E-state index contributed by atoms with van der Waals surface area (Å²) in [6.07, 6.45) is 0. The summed E-state index contributed by atoms with van der Waals surface area (Å²) in [6, 6.07) is 7.92. The molecule has 1 aliphatic rings. The third kappa shape index (κ3) is 3.82. The smallest absolute Gasteiger partial charge is 0.216 e. The first-order valence-electron chi connectivity index (χ1n) is 8.01. The van der Waals surface area contributed by atoms with Crippen molar-refractivity contribution in [2.24, 2.45) is 10.7 Å². The highest BCUT2D eigenvalue weighted by molar-refractivity contribution is 6.30. The van der Waals surface area contributed by atoms with E-state index in [1.807, 2.05) is 38.1 Å². The zero-order valence-electron chi connectivity index (χ0n) is 14.0. The molecular weight excluding hydrogens is 326 g/mol. The van der Waals surface area contributed by atoms with Gasteiger partial charge in [-0.25, -0.2) is 9.98 Å². The van der Waals surface area contributed by atoms with Gasteiger partial charge < -0.3 is 20.0 Å². The minimum Gasteiger partial charge on any atom is -0.444 e. The summed E-state index contributed by atoms with van der Waals surface area (Å²) in [5.41, 5.74) is 8.19. The Morgan fingerprint density at radius 3 is 2.46 bits per heavy atom. The molecule has 0 aliphatic carbocycles. The normalized spacial score (nSPS) is 15.9. The molecular formula is C17H22ClN5O. The number of rotatable bonds is 3. The van der Waals surface area contributed by atoms with E-state index >= 15 is 0 Å². The molecule has 2 aromatic rings. The van der Waals surface area contributed by atoms with Crippen LogP contribution in [0.4, 0.5) is 5.69 Å². The first kappa shape index (κ1) is 16.6. The molecule has 3 rings (SSSR count). The molecule has 1 fully saturated rings. The molecule has 2 heterocycles. The molecule has 0 bridgehead atoms. The fourth-order valence-corrected chi connectivity index (χ4v) is 2.83. The van der Waals surface area contributed by atoms with Crippen molar-refractivity contribution in [1.29, 1.82) is 0 Å². The fourth-order valence-electron chi connectivity index (χ4n) is 2.70. The molecule has 1 aromatic heterocycles. The number of anilines is 1. The number of hydrogen-bond donors (Lipinski definition) is 1. The second kappa shape index (κ2) is 7.13. The lowest BCUT2D eigenvalue weighted by Gasteiger charge is -2.36. The van der Waals surface area contributed by atoms with Gasteiger partial charge in [-0.3, -0.25) is 0 Å². The van der Waals surface area contributed by atoms with E-state index < -0.39 is 0 Å². The molecule has 24 heavy (non-hydrogen) atoms. The van der Waals surface area contributed by atoms with Gasteiger partial charge in [-0.1, -0.05) is 11.6 Å². The third-order valence-corrected chi connectivity index (χ3v) is 4.50. The Hall–Kier alpha value is -2.21. The number of nitrogens with two attached hydrogens (primary N) is 1. The topological polar surface area (TPSA) is 70.9 Å². The SMILES string of the molecule is Cc1nc(CN=C(N)N2CCN(c3ccc(Cl)cc3)CC2)oc1C. The van der Waals surface area contributed by atoms with Crippen LogP contribution in [0.2, 0.25) is 5.02 Å². The quantitative estimate of drug-likeness (QED) is 0.682. The van der Waals surface area contributed by atoms with E-state index in [-0.39, 0.29) is 0 Å². The van der Waals surface area contributed by atoms with Crippen molar-refractivity contribution in [3.05, 3.63) is 46.6 Å². The van der Waals surface area contributed by atoms with Crippen LogP contribution in [-0.4, -0.2) is 42.0 Å². The average molecular weight is 348 g/mol. The van der Waals surface area contributed by atoms with Crippen molar-refractivity contribution < 1.29 is 4.42 Å². The van der Waals surface area contributed by atoms with Gasteiger partial charge in [0.15, 0.2) is 5.96 Å². The summed E-state index contributed by atoms with van der Waals surface area (Å²) in [7, 11) is 0. The molecule has 7 heteroatoms. The Morgan fingerprint density at radius 1 is 1.21 bits per heavy atom. The van der Waals surface area contributed by atoms with E-state index in [0.29, 0.717) is 18.4 Å². The van der Waals surface area contributed by atoms with Crippen LogP contribution in [0.1, 0.15) is 17.3 Å². The molecule has 1 saturated heterocycles. The molecule has 0 amide bonds. The zero-order chi connectivity index (χ0) is 17.1. The van der Waals surface area contributed by atoms with Crippen molar-refractivity contribution in [2.75, 3.05) is 31.1 Å². The Morgan fingerprint density at radius 2 is 1.88 bits per heavy atom. The molecule has 0 unspecified atom stereocenters. The molecule has 0 radical (unpaired) electrons. The number of benzene rings is 1. The minimum atomic E-state index is 0.373. The summed E-state index contributed by atoms with van der Waals surface area (Å²) in [4.78, 5) is 13.1. The standard InChI is InChI=1S/C17H22ClN5O/c1-12-13(2)24-16(21-12)11-20-17(19)23-9-7-22(8-10-23)15-5-3-14(18)4-6-15/h3-6H,7-11H2,1-2H3,(H2,19,20). The van der Waals surface area contributed by atoms with Crippen LogP contribution >= 0.6 is 11.6 Å². The van der Waals surface area contributed by atoms with Gasteiger partial charge in [0, 0.05) is 36.9 Å². The van der Waals surface area contributed by atoms with Gasteiger partial charge in [-0.15, -0.1) is 0 Å². The van der Waals surface area contributed by atoms with Gasteiger partial charge in [0.1, 0.15) is 12.3 Å². The Bertz CT molecular complexity index is 698. The highest BCUT2D eigenvalue weighted by Gasteiger charge is 2.18. The first-order valence-corrected chi connectivity index (χ1v) is 8.39. The van der Waals surface area contributed by atoms with E-state index in [9.17, 15) is 0 Å². The van der Waals surface area contributed by atoms with Gasteiger partial charge in [0.05, 0.1) is 5.69 Å². The number of aliphatic imine (C=N–C) groups is 1. The number of oxazole rings is 1. The molecule has 0 atom stereocenters. The number of aryl methyl sites for hydroxylation is 2. The fraction of sp³-hybridized carbons (Fsp3) is 0.412. The maximum Gasteiger partial charge on any atom is 0.216 e. The molecule has 0 spiro atoms. The van der Waals surface area contributed by atoms with E-state index in [4.69, 9.17) is 21.8 Å². The summed E-state index contributed by atoms with van der Waals surface area (Å²) in [5, 5.41) is 0.755. The Labute approximate surface area is 146 Å². The van der Waals surface area contributed by atoms with Crippen molar-refractivity contribution in [3.63, 3.8) is 0 Å². The highest BCUT2D eigenvalue weighted by atomic mass is 35.5. The third-order valence-electron chi connectivity index (χ3n) is 4.24. The van der Waals surface area contributed by atoms with Gasteiger partial charge in [0.25, 0.3) is 0 Å². The van der Waals surface area contributed by atoms with Crippen LogP contribution in [0.15, 0.2) is 33.7 Å². The maximum absolute atomic E-state index is 6.12. The largest absolute Gasteiger partial charge is 0.444 e. The van der Waals surface area contributed by atoms with Crippen molar-refractivity contribution in [3.8, 4) is 0 Å². The number of hydrogen-bond acceptors (Lipinski definition) is 4. The maximum atomic E-state index is 6.12. The average Bonchev–Trinajstić information content (AvgIpc) is 2.92. The second-order valence-electron chi connectivity index (χ2n) is 5.87. The lowest BCUT2D eigenvalue weighted by molar-refractivity contribution is 0.379. The van der Waals surface area contributed by atoms with E-state index in [1.54, 1.807) is 0 Å². The van der Waals surface area contributed by atoms with Crippen molar-refractivity contribution in [2.45, 2.75) is 20.4 Å². The second-order valence-corrected chi connectivity index (χ2v) is 6.31. The van der Waals surface area contributed by atoms with E-state index in [0.717, 1.165) is 42.7 Å². The van der Waals surface area contributed by atoms with Gasteiger partial charge in [-0.05, 0) is 38.1 Å². The summed E-state index contributed by atoms with van der Waals surface area (Å²) in [6.45, 7) is 7.66. The van der Waals surface area contributed by atoms with Crippen molar-refractivity contribution in [1.82, 2.24) is 9.88 Å². The van der Waals surface area contributed by atoms with Crippen LogP contribution in [0.3, 0.4) is 0 Å². The number of aromatic nitrogens is 1. The molecule has 0 saturated carbocycles. The van der Waals surface area contributed by atoms with Gasteiger partial charge in [-0.2, -0.15) is 0 Å². The lowest BCUT2D eigenvalue weighted by atomic mass is 10.2. The Balaban J connectivity index is 1.55. The van der Waals surface area contributed by atoms with Crippen molar-refractivity contribution >= 4 is 23.2 Å². The Kier molecular flexibility index (Phi) is 4.94. The minimum absolute atomic E-state index is 0.373. The van der Waals surface area contributed by atoms with Gasteiger partial charge >= 0.3 is 0 Å². The first-order chi connectivity index (χ1) is 11.5. The predicted molar refractivity (Wildman–Crippen MR) is 96.5 cm³/mol. The zero-order valence-corrected chi connectivity index (χ0v) is 14.8. The molecule has 1 aliphatic heterocycles. The van der Waals surface area contributed by atoms with E-state index in [2.05, 4.69) is 19.8 Å². The molecule has 128 valence electrons. The summed E-state index contributed by atoms with van der Waals surface area (Å²) < 4.78 is 5.53.